The van der Waals surface area contributed by atoms with E-state index in [1.165, 1.54) is 35.7 Å². The molecule has 0 spiro atoms. The highest BCUT2D eigenvalue weighted by Crippen LogP contribution is 2.51. The lowest BCUT2D eigenvalue weighted by Crippen LogP contribution is -2.43. The van der Waals surface area contributed by atoms with E-state index in [2.05, 4.69) is 9.97 Å². The number of thioether (sulfide) groups is 2. The molecule has 0 bridgehead atoms. The monoisotopic (exact) mass is 834 g/mol. The van der Waals surface area contributed by atoms with Crippen LogP contribution in [0.4, 0.5) is 26.3 Å². The number of hydrogen-bond acceptors (Lipinski definition) is 7. The van der Waals surface area contributed by atoms with Crippen LogP contribution >= 0.6 is 23.5 Å². The van der Waals surface area contributed by atoms with E-state index >= 15 is 0 Å². The summed E-state index contributed by atoms with van der Waals surface area (Å²) in [5.74, 6) is -1.04. The summed E-state index contributed by atoms with van der Waals surface area (Å²) in [5, 5.41) is 11.2. The molecule has 0 atom stereocenters. The zero-order valence-corrected chi connectivity index (χ0v) is 32.6. The SMILES string of the molecule is CCOC(=O)C1(Sc2ccnc3ccc(-c4cccc(C(F)(F)F)c4)cc23)CCC1.O=C(O)C1(Sc2ccnc3ccc(-c4cccc(C(F)(F)F)c4)cc23)CCC1. The van der Waals surface area contributed by atoms with Crippen molar-refractivity contribution in [2.24, 2.45) is 0 Å². The number of ether oxygens (including phenoxy) is 1. The Morgan fingerprint density at radius 2 is 1.07 bits per heavy atom. The van der Waals surface area contributed by atoms with E-state index in [1.807, 2.05) is 12.1 Å². The predicted molar refractivity (Wildman–Crippen MR) is 214 cm³/mol. The van der Waals surface area contributed by atoms with Gasteiger partial charge in [0.2, 0.25) is 0 Å². The zero-order chi connectivity index (χ0) is 41.3. The highest BCUT2D eigenvalue weighted by Gasteiger charge is 2.47. The molecule has 0 saturated heterocycles. The van der Waals surface area contributed by atoms with Crippen molar-refractivity contribution in [1.82, 2.24) is 9.97 Å². The van der Waals surface area contributed by atoms with Crippen molar-refractivity contribution in [3.8, 4) is 22.3 Å². The highest BCUT2D eigenvalue weighted by molar-refractivity contribution is 8.02. The number of pyridine rings is 2. The Balaban J connectivity index is 0.000000177. The van der Waals surface area contributed by atoms with E-state index in [1.54, 1.807) is 67.8 Å². The van der Waals surface area contributed by atoms with Gasteiger partial charge in [-0.3, -0.25) is 19.6 Å². The Hall–Kier alpha value is -5.08. The molecule has 58 heavy (non-hydrogen) atoms. The Labute approximate surface area is 338 Å². The maximum atomic E-state index is 13.1. The van der Waals surface area contributed by atoms with Gasteiger partial charge in [-0.1, -0.05) is 36.4 Å². The van der Waals surface area contributed by atoms with E-state index in [0.29, 0.717) is 47.2 Å². The molecule has 2 heterocycles. The van der Waals surface area contributed by atoms with Gasteiger partial charge in [0, 0.05) is 33.0 Å². The average Bonchev–Trinajstić information content (AvgIpc) is 3.17. The Morgan fingerprint density at radius 1 is 0.638 bits per heavy atom. The topological polar surface area (TPSA) is 89.4 Å². The predicted octanol–water partition coefficient (Wildman–Crippen LogP) is 12.5. The number of hydrogen-bond donors (Lipinski definition) is 1. The molecule has 300 valence electrons. The number of nitrogens with zero attached hydrogens (tertiary/aromatic N) is 2. The summed E-state index contributed by atoms with van der Waals surface area (Å²) in [7, 11) is 0. The number of halogens is 6. The first-order valence-corrected chi connectivity index (χ1v) is 20.2. The molecule has 0 amide bonds. The molecule has 2 aromatic heterocycles. The first kappa shape index (κ1) is 41.1. The second kappa shape index (κ2) is 16.3. The standard InChI is InChI=1S/C23H20F3NO2S.C21H16F3NO2S/c1-2-29-21(28)22(10-4-11-22)30-20-9-12-27-19-8-7-16(14-18(19)20)15-5-3-6-17(13-15)23(24,25)26;22-21(23,24)15-4-1-3-13(11-15)14-5-6-17-16(12-14)18(7-10-25-17)28-20(19(26)27)8-2-9-20/h3,5-9,12-14H,2,4,10-11H2,1H3;1,3-7,10-12H,2,8-9H2,(H,26,27). The lowest BCUT2D eigenvalue weighted by molar-refractivity contribution is -0.148. The number of carboxylic acids is 1. The van der Waals surface area contributed by atoms with Crippen LogP contribution in [0.15, 0.2) is 119 Å². The summed E-state index contributed by atoms with van der Waals surface area (Å²) in [6.45, 7) is 2.12. The van der Waals surface area contributed by atoms with Gasteiger partial charge in [0.1, 0.15) is 9.49 Å². The Bertz CT molecular complexity index is 2500. The highest BCUT2D eigenvalue weighted by atomic mass is 32.2. The summed E-state index contributed by atoms with van der Waals surface area (Å²) >= 11 is 2.78. The molecule has 4 aromatic carbocycles. The van der Waals surface area contributed by atoms with Crippen molar-refractivity contribution >= 4 is 57.3 Å². The minimum absolute atomic E-state index is 0.208. The number of benzene rings is 4. The maximum absolute atomic E-state index is 13.1. The van der Waals surface area contributed by atoms with Crippen LogP contribution in [0.25, 0.3) is 44.1 Å². The van der Waals surface area contributed by atoms with Gasteiger partial charge in [0.15, 0.2) is 0 Å². The summed E-state index contributed by atoms with van der Waals surface area (Å²) < 4.78 is 82.3. The largest absolute Gasteiger partial charge is 0.480 e. The molecule has 8 rings (SSSR count). The summed E-state index contributed by atoms with van der Waals surface area (Å²) in [5.41, 5.74) is 2.26. The van der Waals surface area contributed by atoms with E-state index in [4.69, 9.17) is 4.74 Å². The number of esters is 1. The minimum Gasteiger partial charge on any atom is -0.480 e. The van der Waals surface area contributed by atoms with E-state index in [0.717, 1.165) is 76.0 Å². The van der Waals surface area contributed by atoms with Crippen LogP contribution in [0, 0.1) is 0 Å². The second-order valence-electron chi connectivity index (χ2n) is 14.2. The second-order valence-corrected chi connectivity index (χ2v) is 17.0. The fourth-order valence-corrected chi connectivity index (χ4v) is 9.78. The van der Waals surface area contributed by atoms with Gasteiger partial charge in [0.25, 0.3) is 0 Å². The van der Waals surface area contributed by atoms with Crippen LogP contribution < -0.4 is 0 Å². The molecule has 2 fully saturated rings. The molecule has 1 N–H and O–H groups in total. The van der Waals surface area contributed by atoms with Crippen molar-refractivity contribution in [3.63, 3.8) is 0 Å². The third-order valence-electron chi connectivity index (χ3n) is 10.4. The molecule has 2 aliphatic carbocycles. The summed E-state index contributed by atoms with van der Waals surface area (Å²) in [6.07, 6.45) is -0.966. The van der Waals surface area contributed by atoms with Gasteiger partial charge in [-0.2, -0.15) is 26.3 Å². The summed E-state index contributed by atoms with van der Waals surface area (Å²) in [4.78, 5) is 34.6. The number of alkyl halides is 6. The molecule has 6 aromatic rings. The molecule has 0 unspecified atom stereocenters. The van der Waals surface area contributed by atoms with Crippen molar-refractivity contribution in [3.05, 3.63) is 121 Å². The van der Waals surface area contributed by atoms with Gasteiger partial charge in [-0.05, 0) is 128 Å². The van der Waals surface area contributed by atoms with Crippen LogP contribution in [0.3, 0.4) is 0 Å². The molecule has 2 aliphatic rings. The number of rotatable bonds is 9. The first-order valence-electron chi connectivity index (χ1n) is 18.5. The Kier molecular flexibility index (Phi) is 11.5. The van der Waals surface area contributed by atoms with Crippen molar-refractivity contribution in [2.45, 2.75) is 77.1 Å². The third kappa shape index (κ3) is 8.54. The van der Waals surface area contributed by atoms with E-state index in [-0.39, 0.29) is 5.97 Å². The molecule has 6 nitrogen and oxygen atoms in total. The fourth-order valence-electron chi connectivity index (χ4n) is 6.92. The smallest absolute Gasteiger partial charge is 0.416 e. The third-order valence-corrected chi connectivity index (χ3v) is 13.5. The lowest BCUT2D eigenvalue weighted by Gasteiger charge is -2.38. The minimum atomic E-state index is -4.41. The molecule has 14 heteroatoms. The number of fused-ring (bicyclic) bond motifs is 2. The lowest BCUT2D eigenvalue weighted by atomic mass is 9.84. The zero-order valence-electron chi connectivity index (χ0n) is 31.0. The summed E-state index contributed by atoms with van der Waals surface area (Å²) in [6, 6.07) is 24.8. The van der Waals surface area contributed by atoms with E-state index < -0.39 is 38.9 Å². The number of carbonyl (C=O) groups is 2. The van der Waals surface area contributed by atoms with Gasteiger partial charge >= 0.3 is 24.3 Å². The molecule has 2 saturated carbocycles. The van der Waals surface area contributed by atoms with Crippen LogP contribution in [-0.4, -0.2) is 43.1 Å². The van der Waals surface area contributed by atoms with Crippen LogP contribution in [-0.2, 0) is 26.7 Å². The molecule has 0 radical (unpaired) electrons. The quantitative estimate of drug-likeness (QED) is 0.114. The molecular formula is C44H36F6N2O4S2. The van der Waals surface area contributed by atoms with E-state index in [9.17, 15) is 41.0 Å². The average molecular weight is 835 g/mol. The van der Waals surface area contributed by atoms with Crippen LogP contribution in [0.5, 0.6) is 0 Å². The first-order chi connectivity index (χ1) is 27.6. The van der Waals surface area contributed by atoms with Crippen molar-refractivity contribution in [1.29, 1.82) is 0 Å². The number of carbonyl (C=O) groups excluding carboxylic acids is 1. The van der Waals surface area contributed by atoms with Gasteiger partial charge in [-0.25, -0.2) is 0 Å². The number of aliphatic carboxylic acids is 1. The van der Waals surface area contributed by atoms with Gasteiger partial charge in [0.05, 0.1) is 28.8 Å². The van der Waals surface area contributed by atoms with Gasteiger partial charge in [-0.15, -0.1) is 23.5 Å². The maximum Gasteiger partial charge on any atom is 0.416 e. The van der Waals surface area contributed by atoms with Crippen LogP contribution in [0.2, 0.25) is 0 Å². The van der Waals surface area contributed by atoms with Crippen molar-refractivity contribution in [2.75, 3.05) is 6.61 Å². The molecular weight excluding hydrogens is 799 g/mol. The number of aromatic nitrogens is 2. The molecule has 0 aliphatic heterocycles. The Morgan fingerprint density at radius 3 is 1.45 bits per heavy atom. The number of carboxylic acid groups (broad SMARTS) is 1. The van der Waals surface area contributed by atoms with Gasteiger partial charge < -0.3 is 9.84 Å². The van der Waals surface area contributed by atoms with Crippen LogP contribution in [0.1, 0.15) is 56.6 Å². The fraction of sp³-hybridized carbons (Fsp3) is 0.273. The normalized spacial score (nSPS) is 15.8. The van der Waals surface area contributed by atoms with Crippen molar-refractivity contribution < 1.29 is 45.8 Å².